The lowest BCUT2D eigenvalue weighted by Crippen LogP contribution is -2.26. The van der Waals surface area contributed by atoms with Crippen molar-refractivity contribution in [2.24, 2.45) is 0 Å². The number of amides is 2. The minimum Gasteiger partial charge on any atom is -0.325 e. The smallest absolute Gasteiger partial charge is 0.255 e. The normalized spacial score (nSPS) is 15.0. The number of carbonyl (C=O) groups is 2. The molecule has 118 valence electrons. The molecule has 3 rings (SSSR count). The molecule has 2 aromatic rings. The zero-order chi connectivity index (χ0) is 16.8. The third-order valence-corrected chi connectivity index (χ3v) is 4.54. The molecule has 2 N–H and O–H groups in total. The molecule has 2 amide bonds. The van der Waals surface area contributed by atoms with E-state index in [1.807, 2.05) is 58.0 Å². The highest BCUT2D eigenvalue weighted by molar-refractivity contribution is 6.07. The van der Waals surface area contributed by atoms with Crippen LogP contribution >= 0.6 is 0 Å². The van der Waals surface area contributed by atoms with Crippen molar-refractivity contribution in [3.8, 4) is 0 Å². The number of nitrogens with one attached hydrogen (secondary N) is 2. The Labute approximate surface area is 135 Å². The van der Waals surface area contributed by atoms with Gasteiger partial charge in [0.05, 0.1) is 5.41 Å². The molecule has 0 unspecified atom stereocenters. The molecule has 0 fully saturated rings. The molecule has 23 heavy (non-hydrogen) atoms. The highest BCUT2D eigenvalue weighted by Gasteiger charge is 2.38. The SMILES string of the molecule is Cc1ccc(C(=O)Nc2ccc3c(c2)C(C)(C)C(=O)N3)cc1C. The van der Waals surface area contributed by atoms with Crippen LogP contribution in [0, 0.1) is 13.8 Å². The minimum atomic E-state index is -0.587. The largest absolute Gasteiger partial charge is 0.325 e. The second-order valence-electron chi connectivity index (χ2n) is 6.59. The van der Waals surface area contributed by atoms with Gasteiger partial charge in [0.25, 0.3) is 5.91 Å². The van der Waals surface area contributed by atoms with Crippen molar-refractivity contribution in [2.75, 3.05) is 10.6 Å². The van der Waals surface area contributed by atoms with Crippen molar-refractivity contribution in [2.45, 2.75) is 33.1 Å². The molecule has 4 heteroatoms. The quantitative estimate of drug-likeness (QED) is 0.887. The van der Waals surface area contributed by atoms with Gasteiger partial charge in [0.2, 0.25) is 5.91 Å². The lowest BCUT2D eigenvalue weighted by Gasteiger charge is -2.16. The van der Waals surface area contributed by atoms with E-state index in [1.165, 1.54) is 0 Å². The Morgan fingerprint density at radius 1 is 1.04 bits per heavy atom. The van der Waals surface area contributed by atoms with Gasteiger partial charge in [0, 0.05) is 16.9 Å². The Bertz CT molecular complexity index is 822. The van der Waals surface area contributed by atoms with Gasteiger partial charge >= 0.3 is 0 Å². The lowest BCUT2D eigenvalue weighted by atomic mass is 9.86. The highest BCUT2D eigenvalue weighted by Crippen LogP contribution is 2.38. The van der Waals surface area contributed by atoms with E-state index >= 15 is 0 Å². The van der Waals surface area contributed by atoms with Crippen molar-refractivity contribution < 1.29 is 9.59 Å². The van der Waals surface area contributed by atoms with Crippen LogP contribution < -0.4 is 10.6 Å². The number of aryl methyl sites for hydroxylation is 2. The number of carbonyl (C=O) groups excluding carboxylic acids is 2. The van der Waals surface area contributed by atoms with Crippen LogP contribution in [0.15, 0.2) is 36.4 Å². The minimum absolute atomic E-state index is 0.0230. The van der Waals surface area contributed by atoms with E-state index in [1.54, 1.807) is 6.07 Å². The molecule has 0 spiro atoms. The summed E-state index contributed by atoms with van der Waals surface area (Å²) in [6, 6.07) is 11.1. The molecular weight excluding hydrogens is 288 g/mol. The second kappa shape index (κ2) is 5.23. The average molecular weight is 308 g/mol. The fourth-order valence-corrected chi connectivity index (χ4v) is 2.73. The second-order valence-corrected chi connectivity index (χ2v) is 6.59. The highest BCUT2D eigenvalue weighted by atomic mass is 16.2. The molecule has 0 saturated carbocycles. The van der Waals surface area contributed by atoms with Gasteiger partial charge in [-0.05, 0) is 74.7 Å². The van der Waals surface area contributed by atoms with Crippen molar-refractivity contribution >= 4 is 23.2 Å². The predicted octanol–water partition coefficient (Wildman–Crippen LogP) is 3.79. The molecule has 0 bridgehead atoms. The lowest BCUT2D eigenvalue weighted by molar-refractivity contribution is -0.119. The van der Waals surface area contributed by atoms with Gasteiger partial charge in [-0.1, -0.05) is 6.07 Å². The Balaban J connectivity index is 1.87. The Morgan fingerprint density at radius 3 is 2.48 bits per heavy atom. The molecule has 0 radical (unpaired) electrons. The number of rotatable bonds is 2. The van der Waals surface area contributed by atoms with E-state index < -0.39 is 5.41 Å². The molecule has 0 aliphatic carbocycles. The molecular formula is C19H20N2O2. The average Bonchev–Trinajstić information content (AvgIpc) is 2.72. The molecule has 1 heterocycles. The summed E-state index contributed by atoms with van der Waals surface area (Å²) in [5, 5.41) is 5.77. The van der Waals surface area contributed by atoms with Gasteiger partial charge in [-0.3, -0.25) is 9.59 Å². The van der Waals surface area contributed by atoms with Gasteiger partial charge in [0.15, 0.2) is 0 Å². The summed E-state index contributed by atoms with van der Waals surface area (Å²) in [5.41, 5.74) is 4.69. The monoisotopic (exact) mass is 308 g/mol. The summed E-state index contributed by atoms with van der Waals surface area (Å²) < 4.78 is 0. The van der Waals surface area contributed by atoms with E-state index in [2.05, 4.69) is 10.6 Å². The van der Waals surface area contributed by atoms with Crippen LogP contribution in [-0.2, 0) is 10.2 Å². The van der Waals surface area contributed by atoms with Gasteiger partial charge < -0.3 is 10.6 Å². The number of anilines is 2. The zero-order valence-electron chi connectivity index (χ0n) is 13.8. The van der Waals surface area contributed by atoms with E-state index in [0.717, 1.165) is 22.4 Å². The number of hydrogen-bond donors (Lipinski definition) is 2. The number of hydrogen-bond acceptors (Lipinski definition) is 2. The van der Waals surface area contributed by atoms with Crippen molar-refractivity contribution in [1.29, 1.82) is 0 Å². The Morgan fingerprint density at radius 2 is 1.78 bits per heavy atom. The van der Waals surface area contributed by atoms with E-state index in [4.69, 9.17) is 0 Å². The molecule has 4 nitrogen and oxygen atoms in total. The van der Waals surface area contributed by atoms with Crippen molar-refractivity contribution in [3.63, 3.8) is 0 Å². The number of benzene rings is 2. The predicted molar refractivity (Wildman–Crippen MR) is 92.0 cm³/mol. The van der Waals surface area contributed by atoms with Crippen LogP contribution in [0.25, 0.3) is 0 Å². The molecule has 1 aliphatic heterocycles. The first kappa shape index (κ1) is 15.3. The molecule has 0 saturated heterocycles. The summed E-state index contributed by atoms with van der Waals surface area (Å²) in [4.78, 5) is 24.4. The van der Waals surface area contributed by atoms with Crippen molar-refractivity contribution in [1.82, 2.24) is 0 Å². The zero-order valence-corrected chi connectivity index (χ0v) is 13.8. The van der Waals surface area contributed by atoms with E-state index in [9.17, 15) is 9.59 Å². The van der Waals surface area contributed by atoms with E-state index in [-0.39, 0.29) is 11.8 Å². The van der Waals surface area contributed by atoms with Crippen LogP contribution in [0.5, 0.6) is 0 Å². The van der Waals surface area contributed by atoms with Gasteiger partial charge in [0.1, 0.15) is 0 Å². The standard InChI is InChI=1S/C19H20N2O2/c1-11-5-6-13(9-12(11)2)17(22)20-14-7-8-16-15(10-14)19(3,4)18(23)21-16/h5-10H,1-4H3,(H,20,22)(H,21,23). The summed E-state index contributed by atoms with van der Waals surface area (Å²) in [6.07, 6.45) is 0. The first-order chi connectivity index (χ1) is 10.8. The van der Waals surface area contributed by atoms with Crippen molar-refractivity contribution in [3.05, 3.63) is 58.7 Å². The molecule has 1 aliphatic rings. The molecule has 0 aromatic heterocycles. The van der Waals surface area contributed by atoms with Crippen LogP contribution in [0.4, 0.5) is 11.4 Å². The van der Waals surface area contributed by atoms with Crippen LogP contribution in [-0.4, -0.2) is 11.8 Å². The number of fused-ring (bicyclic) bond motifs is 1. The van der Waals surface area contributed by atoms with Crippen LogP contribution in [0.1, 0.15) is 40.9 Å². The first-order valence-electron chi connectivity index (χ1n) is 7.63. The fraction of sp³-hybridized carbons (Fsp3) is 0.263. The van der Waals surface area contributed by atoms with Gasteiger partial charge in [-0.25, -0.2) is 0 Å². The maximum absolute atomic E-state index is 12.4. The summed E-state index contributed by atoms with van der Waals surface area (Å²) in [7, 11) is 0. The fourth-order valence-electron chi connectivity index (χ4n) is 2.73. The van der Waals surface area contributed by atoms with E-state index in [0.29, 0.717) is 11.3 Å². The molecule has 2 aromatic carbocycles. The summed E-state index contributed by atoms with van der Waals surface area (Å²) >= 11 is 0. The Kier molecular flexibility index (Phi) is 3.48. The third-order valence-electron chi connectivity index (χ3n) is 4.54. The summed E-state index contributed by atoms with van der Waals surface area (Å²) in [6.45, 7) is 7.76. The molecule has 0 atom stereocenters. The maximum Gasteiger partial charge on any atom is 0.255 e. The van der Waals surface area contributed by atoms with Gasteiger partial charge in [-0.15, -0.1) is 0 Å². The van der Waals surface area contributed by atoms with Crippen LogP contribution in [0.3, 0.4) is 0 Å². The Hall–Kier alpha value is -2.62. The van der Waals surface area contributed by atoms with Crippen LogP contribution in [0.2, 0.25) is 0 Å². The maximum atomic E-state index is 12.4. The first-order valence-corrected chi connectivity index (χ1v) is 7.63. The topological polar surface area (TPSA) is 58.2 Å². The summed E-state index contributed by atoms with van der Waals surface area (Å²) in [5.74, 6) is -0.173. The third kappa shape index (κ3) is 2.61. The van der Waals surface area contributed by atoms with Gasteiger partial charge in [-0.2, -0.15) is 0 Å².